The van der Waals surface area contributed by atoms with Crippen molar-refractivity contribution in [3.05, 3.63) is 76.7 Å². The molecule has 8 heteroatoms. The number of H-pyrrole nitrogens is 1. The second-order valence-corrected chi connectivity index (χ2v) is 5.94. The molecule has 0 radical (unpaired) electrons. The van der Waals surface area contributed by atoms with Crippen LogP contribution in [-0.4, -0.2) is 35.3 Å². The maximum atomic E-state index is 10.8. The lowest BCUT2D eigenvalue weighted by Gasteiger charge is -1.95. The van der Waals surface area contributed by atoms with E-state index in [-0.39, 0.29) is 0 Å². The largest absolute Gasteiger partial charge is 0.354 e. The number of nitrogens with one attached hydrogen (secondary N) is 1. The van der Waals surface area contributed by atoms with Crippen molar-refractivity contribution >= 4 is 48.1 Å². The van der Waals surface area contributed by atoms with Gasteiger partial charge in [-0.15, -0.1) is 0 Å². The highest BCUT2D eigenvalue weighted by molar-refractivity contribution is 6.08. The molecular weight excluding hydrogens is 368 g/mol. The summed E-state index contributed by atoms with van der Waals surface area (Å²) in [7, 11) is 0. The van der Waals surface area contributed by atoms with E-state index in [0.29, 0.717) is 34.2 Å². The Balaban J connectivity index is 1.65. The average Bonchev–Trinajstić information content (AvgIpc) is 3.49. The van der Waals surface area contributed by atoms with E-state index in [4.69, 9.17) is 0 Å². The summed E-state index contributed by atoms with van der Waals surface area (Å²) < 4.78 is 0. The number of allylic oxidation sites excluding steroid dienone is 6. The van der Waals surface area contributed by atoms with Gasteiger partial charge >= 0.3 is 0 Å². The molecule has 0 unspecified atom stereocenters. The molecule has 3 aliphatic rings. The van der Waals surface area contributed by atoms with Crippen molar-refractivity contribution < 1.29 is 9.59 Å². The quantitative estimate of drug-likeness (QED) is 0.623. The van der Waals surface area contributed by atoms with Gasteiger partial charge in [0.1, 0.15) is 11.4 Å². The zero-order valence-electron chi connectivity index (χ0n) is 14.9. The number of rotatable bonds is 5. The number of aliphatic imine (C=N–C) groups is 5. The van der Waals surface area contributed by atoms with Gasteiger partial charge in [-0.1, -0.05) is 0 Å². The summed E-state index contributed by atoms with van der Waals surface area (Å²) in [5, 5.41) is 0. The SMILES string of the molecule is O=C=NC1=CC=NC1=Cc1cc(N=C=O)c(C=C2C=CC(C=C3C=CC=N3)=N2)[nH]1. The van der Waals surface area contributed by atoms with Crippen LogP contribution in [0.5, 0.6) is 0 Å². The van der Waals surface area contributed by atoms with E-state index in [0.717, 1.165) is 11.4 Å². The number of hydrogen-bond donors (Lipinski definition) is 1. The number of nitrogens with zero attached hydrogens (tertiary/aromatic N) is 5. The van der Waals surface area contributed by atoms with Crippen LogP contribution in [0.15, 0.2) is 90.3 Å². The standard InChI is InChI=1S/C21H12N6O2/c28-12-24-18-5-7-23-19(18)10-17-11-20(25-13-29)21(27-17)9-16-4-3-15(26-16)8-14-2-1-6-22-14/h1-11,27H. The molecule has 4 rings (SSSR count). The van der Waals surface area contributed by atoms with E-state index in [1.54, 1.807) is 36.6 Å². The molecule has 1 aromatic heterocycles. The van der Waals surface area contributed by atoms with E-state index in [1.807, 2.05) is 30.4 Å². The molecule has 4 heterocycles. The molecule has 0 aromatic carbocycles. The fourth-order valence-electron chi connectivity index (χ4n) is 2.81. The van der Waals surface area contributed by atoms with Gasteiger partial charge in [0.15, 0.2) is 0 Å². The molecule has 0 atom stereocenters. The smallest absolute Gasteiger partial charge is 0.240 e. The second-order valence-electron chi connectivity index (χ2n) is 5.94. The molecule has 3 aliphatic heterocycles. The summed E-state index contributed by atoms with van der Waals surface area (Å²) >= 11 is 0. The van der Waals surface area contributed by atoms with Crippen LogP contribution >= 0.6 is 0 Å². The van der Waals surface area contributed by atoms with Crippen LogP contribution in [0.1, 0.15) is 11.4 Å². The van der Waals surface area contributed by atoms with E-state index in [1.165, 1.54) is 12.3 Å². The lowest BCUT2D eigenvalue weighted by Crippen LogP contribution is -1.84. The molecule has 1 N–H and O–H groups in total. The Morgan fingerprint density at radius 3 is 2.62 bits per heavy atom. The van der Waals surface area contributed by atoms with Crippen LogP contribution in [-0.2, 0) is 9.59 Å². The van der Waals surface area contributed by atoms with Gasteiger partial charge in [-0.3, -0.25) is 9.98 Å². The molecule has 138 valence electrons. The summed E-state index contributed by atoms with van der Waals surface area (Å²) in [5.74, 6) is 0. The van der Waals surface area contributed by atoms with Gasteiger partial charge in [0.05, 0.1) is 28.5 Å². The Kier molecular flexibility index (Phi) is 4.95. The van der Waals surface area contributed by atoms with Crippen LogP contribution in [0, 0.1) is 0 Å². The van der Waals surface area contributed by atoms with Crippen LogP contribution in [0.25, 0.3) is 12.2 Å². The van der Waals surface area contributed by atoms with Gasteiger partial charge in [0.2, 0.25) is 12.2 Å². The molecule has 0 aliphatic carbocycles. The van der Waals surface area contributed by atoms with Crippen LogP contribution in [0.2, 0.25) is 0 Å². The Hall–Kier alpha value is -4.51. The molecule has 0 saturated carbocycles. The number of hydrogen-bond acceptors (Lipinski definition) is 7. The Bertz CT molecular complexity index is 1230. The lowest BCUT2D eigenvalue weighted by molar-refractivity contribution is 0.564. The number of isocyanates is 2. The molecule has 0 spiro atoms. The number of carbonyl (C=O) groups excluding carboxylic acids is 2. The normalized spacial score (nSPS) is 20.5. The van der Waals surface area contributed by atoms with Gasteiger partial charge in [-0.05, 0) is 54.7 Å². The predicted octanol–water partition coefficient (Wildman–Crippen LogP) is 3.50. The third-order valence-electron chi connectivity index (χ3n) is 4.03. The molecule has 0 fully saturated rings. The van der Waals surface area contributed by atoms with Crippen LogP contribution < -0.4 is 0 Å². The second kappa shape index (κ2) is 8.02. The van der Waals surface area contributed by atoms with Gasteiger partial charge < -0.3 is 4.98 Å². The highest BCUT2D eigenvalue weighted by atomic mass is 16.1. The van der Waals surface area contributed by atoms with Crippen LogP contribution in [0.3, 0.4) is 0 Å². The fourth-order valence-corrected chi connectivity index (χ4v) is 2.81. The Morgan fingerprint density at radius 1 is 0.931 bits per heavy atom. The number of aromatic nitrogens is 1. The maximum absolute atomic E-state index is 10.8. The van der Waals surface area contributed by atoms with E-state index in [2.05, 4.69) is 29.9 Å². The van der Waals surface area contributed by atoms with Crippen molar-refractivity contribution in [2.45, 2.75) is 0 Å². The van der Waals surface area contributed by atoms with Gasteiger partial charge in [0.25, 0.3) is 0 Å². The first-order valence-electron chi connectivity index (χ1n) is 8.51. The topological polar surface area (TPSA) is 112 Å². The minimum absolute atomic E-state index is 0.402. The maximum Gasteiger partial charge on any atom is 0.240 e. The molecule has 0 saturated heterocycles. The highest BCUT2D eigenvalue weighted by Gasteiger charge is 2.11. The molecule has 0 bridgehead atoms. The first-order valence-corrected chi connectivity index (χ1v) is 8.51. The third-order valence-corrected chi connectivity index (χ3v) is 4.03. The van der Waals surface area contributed by atoms with Crippen LogP contribution in [0.4, 0.5) is 5.69 Å². The summed E-state index contributed by atoms with van der Waals surface area (Å²) in [6, 6.07) is 1.67. The summed E-state index contributed by atoms with van der Waals surface area (Å²) in [6.45, 7) is 0. The zero-order valence-corrected chi connectivity index (χ0v) is 14.9. The lowest BCUT2D eigenvalue weighted by atomic mass is 10.2. The Labute approximate surface area is 164 Å². The molecule has 29 heavy (non-hydrogen) atoms. The monoisotopic (exact) mass is 380 g/mol. The zero-order chi connectivity index (χ0) is 20.1. The molecular formula is C21H12N6O2. The highest BCUT2D eigenvalue weighted by Crippen LogP contribution is 2.27. The Morgan fingerprint density at radius 2 is 1.83 bits per heavy atom. The van der Waals surface area contributed by atoms with Crippen molar-refractivity contribution in [1.82, 2.24) is 4.98 Å². The first kappa shape index (κ1) is 17.9. The first-order chi connectivity index (χ1) is 14.2. The molecule has 1 aromatic rings. The van der Waals surface area contributed by atoms with Crippen molar-refractivity contribution in [1.29, 1.82) is 0 Å². The van der Waals surface area contributed by atoms with Gasteiger partial charge in [-0.25, -0.2) is 14.6 Å². The van der Waals surface area contributed by atoms with Gasteiger partial charge in [-0.2, -0.15) is 9.98 Å². The van der Waals surface area contributed by atoms with E-state index < -0.39 is 0 Å². The minimum atomic E-state index is 0.402. The van der Waals surface area contributed by atoms with Crippen molar-refractivity contribution in [2.75, 3.05) is 0 Å². The van der Waals surface area contributed by atoms with E-state index >= 15 is 0 Å². The summed E-state index contributed by atoms with van der Waals surface area (Å²) in [4.78, 5) is 44.7. The summed E-state index contributed by atoms with van der Waals surface area (Å²) in [5.41, 5.74) is 4.81. The summed E-state index contributed by atoms with van der Waals surface area (Å²) in [6.07, 6.45) is 20.7. The van der Waals surface area contributed by atoms with Crippen molar-refractivity contribution in [2.24, 2.45) is 25.0 Å². The minimum Gasteiger partial charge on any atom is -0.354 e. The fraction of sp³-hybridized carbons (Fsp3) is 0. The molecule has 0 amide bonds. The third kappa shape index (κ3) is 4.09. The van der Waals surface area contributed by atoms with Gasteiger partial charge in [0, 0.05) is 18.1 Å². The molecule has 8 nitrogen and oxygen atoms in total. The number of aromatic amines is 1. The van der Waals surface area contributed by atoms with Crippen molar-refractivity contribution in [3.63, 3.8) is 0 Å². The predicted molar refractivity (Wildman–Crippen MR) is 112 cm³/mol. The average molecular weight is 380 g/mol. The van der Waals surface area contributed by atoms with Crippen molar-refractivity contribution in [3.8, 4) is 0 Å². The van der Waals surface area contributed by atoms with E-state index in [9.17, 15) is 9.59 Å².